The largest absolute Gasteiger partial charge is 0.469 e. The summed E-state index contributed by atoms with van der Waals surface area (Å²) < 4.78 is 4.46. The molecule has 0 fully saturated rings. The van der Waals surface area contributed by atoms with Gasteiger partial charge >= 0.3 is 5.97 Å². The molecule has 0 unspecified atom stereocenters. The van der Waals surface area contributed by atoms with E-state index in [0.717, 1.165) is 25.7 Å². The molecule has 0 rings (SSSR count). The molecule has 98 valence electrons. The number of hydrogen-bond donors (Lipinski definition) is 1. The van der Waals surface area contributed by atoms with E-state index in [9.17, 15) is 4.79 Å². The molecule has 0 aromatic heterocycles. The van der Waals surface area contributed by atoms with Crippen LogP contribution in [0, 0.1) is 0 Å². The van der Waals surface area contributed by atoms with Crippen molar-refractivity contribution in [2.75, 3.05) is 13.7 Å². The number of carbonyl (C=O) groups is 1. The first-order valence-electron chi connectivity index (χ1n) is 6.40. The third kappa shape index (κ3) is 19.1. The first-order chi connectivity index (χ1) is 7.72. The maximum atomic E-state index is 10.5. The van der Waals surface area contributed by atoms with Crippen LogP contribution in [0.3, 0.4) is 0 Å². The Bertz CT molecular complexity index is 131. The number of carbonyl (C=O) groups excluding carboxylic acids is 1. The predicted molar refractivity (Wildman–Crippen MR) is 67.4 cm³/mol. The van der Waals surface area contributed by atoms with Gasteiger partial charge < -0.3 is 9.84 Å². The summed E-state index contributed by atoms with van der Waals surface area (Å²) in [5.41, 5.74) is 0. The van der Waals surface area contributed by atoms with Gasteiger partial charge in [-0.25, -0.2) is 0 Å². The first kappa shape index (κ1) is 17.8. The summed E-state index contributed by atoms with van der Waals surface area (Å²) in [6, 6.07) is 0. The molecule has 0 aromatic carbocycles. The second kappa shape index (κ2) is 16.8. The lowest BCUT2D eigenvalue weighted by atomic mass is 10.2. The topological polar surface area (TPSA) is 46.5 Å². The zero-order valence-electron chi connectivity index (χ0n) is 11.1. The second-order valence-electron chi connectivity index (χ2n) is 3.82. The minimum atomic E-state index is -0.0940. The molecule has 0 amide bonds. The van der Waals surface area contributed by atoms with E-state index in [1.165, 1.54) is 26.4 Å². The van der Waals surface area contributed by atoms with E-state index in [1.807, 2.05) is 0 Å². The van der Waals surface area contributed by atoms with Crippen LogP contribution in [0.1, 0.15) is 65.2 Å². The molecular formula is C13H28O3. The average molecular weight is 232 g/mol. The summed E-state index contributed by atoms with van der Waals surface area (Å²) in [4.78, 5) is 10.5. The lowest BCUT2D eigenvalue weighted by molar-refractivity contribution is -0.140. The van der Waals surface area contributed by atoms with Crippen LogP contribution in [0.4, 0.5) is 0 Å². The summed E-state index contributed by atoms with van der Waals surface area (Å²) in [7, 11) is 1.42. The Labute approximate surface area is 100 Å². The highest BCUT2D eigenvalue weighted by atomic mass is 16.5. The summed E-state index contributed by atoms with van der Waals surface area (Å²) >= 11 is 0. The Balaban J connectivity index is 0. The van der Waals surface area contributed by atoms with Gasteiger partial charge in [0.25, 0.3) is 0 Å². The normalized spacial score (nSPS) is 9.25. The zero-order valence-corrected chi connectivity index (χ0v) is 11.1. The molecular weight excluding hydrogens is 204 g/mol. The molecule has 0 radical (unpaired) electrons. The molecule has 0 aliphatic carbocycles. The molecule has 0 spiro atoms. The van der Waals surface area contributed by atoms with Crippen LogP contribution in [0.25, 0.3) is 0 Å². The molecule has 0 bridgehead atoms. The summed E-state index contributed by atoms with van der Waals surface area (Å²) in [6.07, 6.45) is 8.49. The van der Waals surface area contributed by atoms with Crippen molar-refractivity contribution in [3.63, 3.8) is 0 Å². The van der Waals surface area contributed by atoms with Crippen molar-refractivity contribution in [3.05, 3.63) is 0 Å². The predicted octanol–water partition coefficient (Wildman–Crippen LogP) is 3.30. The van der Waals surface area contributed by atoms with Gasteiger partial charge in [0.05, 0.1) is 7.11 Å². The molecule has 0 heterocycles. The number of unbranched alkanes of at least 4 members (excludes halogenated alkanes) is 5. The fourth-order valence-electron chi connectivity index (χ4n) is 1.16. The van der Waals surface area contributed by atoms with E-state index < -0.39 is 0 Å². The highest BCUT2D eigenvalue weighted by Crippen LogP contribution is 1.99. The van der Waals surface area contributed by atoms with Crippen molar-refractivity contribution in [1.82, 2.24) is 0 Å². The van der Waals surface area contributed by atoms with Crippen molar-refractivity contribution < 1.29 is 14.6 Å². The minimum absolute atomic E-state index is 0.0940. The number of ether oxygens (including phenoxy) is 1. The number of aliphatic hydroxyl groups is 1. The van der Waals surface area contributed by atoms with Crippen molar-refractivity contribution in [3.8, 4) is 0 Å². The third-order valence-corrected chi connectivity index (χ3v) is 2.22. The maximum absolute atomic E-state index is 10.5. The number of aliphatic hydroxyl groups excluding tert-OH is 1. The zero-order chi connectivity index (χ0) is 12.6. The summed E-state index contributed by atoms with van der Waals surface area (Å²) in [6.45, 7) is 4.63. The van der Waals surface area contributed by atoms with Gasteiger partial charge in [0.15, 0.2) is 0 Å². The molecule has 3 nitrogen and oxygen atoms in total. The van der Waals surface area contributed by atoms with Gasteiger partial charge in [-0.3, -0.25) is 4.79 Å². The highest BCUT2D eigenvalue weighted by Gasteiger charge is 1.96. The second-order valence-corrected chi connectivity index (χ2v) is 3.82. The van der Waals surface area contributed by atoms with Crippen LogP contribution in [-0.2, 0) is 9.53 Å². The molecule has 3 heteroatoms. The van der Waals surface area contributed by atoms with Crippen molar-refractivity contribution >= 4 is 5.97 Å². The molecule has 0 aliphatic heterocycles. The summed E-state index contributed by atoms with van der Waals surface area (Å²) in [5, 5.41) is 8.29. The van der Waals surface area contributed by atoms with Gasteiger partial charge in [-0.05, 0) is 12.8 Å². The fraction of sp³-hybridized carbons (Fsp3) is 0.923. The van der Waals surface area contributed by atoms with E-state index in [1.54, 1.807) is 0 Å². The van der Waals surface area contributed by atoms with Gasteiger partial charge in [0, 0.05) is 13.0 Å². The Kier molecular flexibility index (Phi) is 18.8. The third-order valence-electron chi connectivity index (χ3n) is 2.22. The van der Waals surface area contributed by atoms with Crippen LogP contribution < -0.4 is 0 Å². The quantitative estimate of drug-likeness (QED) is 0.516. The van der Waals surface area contributed by atoms with Crippen LogP contribution in [0.15, 0.2) is 0 Å². The molecule has 1 N–H and O–H groups in total. The Morgan fingerprint density at radius 1 is 1.00 bits per heavy atom. The van der Waals surface area contributed by atoms with Crippen LogP contribution in [0.5, 0.6) is 0 Å². The lowest BCUT2D eigenvalue weighted by Crippen LogP contribution is -1.98. The van der Waals surface area contributed by atoms with Gasteiger partial charge in [0.2, 0.25) is 0 Å². The van der Waals surface area contributed by atoms with Crippen LogP contribution in [0.2, 0.25) is 0 Å². The smallest absolute Gasteiger partial charge is 0.305 e. The first-order valence-corrected chi connectivity index (χ1v) is 6.40. The van der Waals surface area contributed by atoms with Crippen molar-refractivity contribution in [1.29, 1.82) is 0 Å². The van der Waals surface area contributed by atoms with Gasteiger partial charge in [0.1, 0.15) is 0 Å². The van der Waals surface area contributed by atoms with Gasteiger partial charge in [-0.15, -0.1) is 0 Å². The van der Waals surface area contributed by atoms with Gasteiger partial charge in [-0.2, -0.15) is 0 Å². The Morgan fingerprint density at radius 3 is 2.00 bits per heavy atom. The highest BCUT2D eigenvalue weighted by molar-refractivity contribution is 5.68. The molecule has 16 heavy (non-hydrogen) atoms. The minimum Gasteiger partial charge on any atom is -0.469 e. The molecule has 0 aliphatic rings. The summed E-state index contributed by atoms with van der Waals surface area (Å²) in [5.74, 6) is -0.0940. The van der Waals surface area contributed by atoms with E-state index in [4.69, 9.17) is 5.11 Å². The maximum Gasteiger partial charge on any atom is 0.305 e. The number of hydrogen-bond acceptors (Lipinski definition) is 3. The van der Waals surface area contributed by atoms with E-state index in [2.05, 4.69) is 18.6 Å². The molecule has 0 aromatic rings. The van der Waals surface area contributed by atoms with Gasteiger partial charge in [-0.1, -0.05) is 46.0 Å². The fourth-order valence-corrected chi connectivity index (χ4v) is 1.16. The Morgan fingerprint density at radius 2 is 1.56 bits per heavy atom. The van der Waals surface area contributed by atoms with E-state index >= 15 is 0 Å². The molecule has 0 saturated carbocycles. The number of methoxy groups -OCH3 is 1. The number of rotatable bonds is 8. The monoisotopic (exact) mass is 232 g/mol. The number of esters is 1. The molecule has 0 saturated heterocycles. The average Bonchev–Trinajstić information content (AvgIpc) is 2.31. The standard InChI is InChI=1S/C7H14O2.C6H14O/c1-3-4-5-6-7(8)9-2;1-2-3-4-5-6-7/h3-6H2,1-2H3;7H,2-6H2,1H3. The van der Waals surface area contributed by atoms with Crippen molar-refractivity contribution in [2.45, 2.75) is 65.2 Å². The van der Waals surface area contributed by atoms with Crippen molar-refractivity contribution in [2.24, 2.45) is 0 Å². The molecule has 0 atom stereocenters. The van der Waals surface area contributed by atoms with E-state index in [0.29, 0.717) is 13.0 Å². The van der Waals surface area contributed by atoms with Crippen LogP contribution in [-0.4, -0.2) is 24.8 Å². The van der Waals surface area contributed by atoms with Crippen LogP contribution >= 0.6 is 0 Å². The lowest BCUT2D eigenvalue weighted by Gasteiger charge is -1.95. The SMILES string of the molecule is CCCCCC(=O)OC.CCCCCCO. The van der Waals surface area contributed by atoms with E-state index in [-0.39, 0.29) is 5.97 Å². The Hall–Kier alpha value is -0.570.